The summed E-state index contributed by atoms with van der Waals surface area (Å²) in [5.41, 5.74) is -1.73. The van der Waals surface area contributed by atoms with Crippen LogP contribution in [0.4, 0.5) is 22.7 Å². The molecule has 0 bridgehead atoms. The lowest BCUT2D eigenvalue weighted by Gasteiger charge is -2.20. The molecular weight excluding hydrogens is 358 g/mol. The summed E-state index contributed by atoms with van der Waals surface area (Å²) in [4.78, 5) is 17.2. The van der Waals surface area contributed by atoms with E-state index in [9.17, 15) is 22.4 Å². The molecule has 2 aromatic rings. The van der Waals surface area contributed by atoms with Gasteiger partial charge in [0.15, 0.2) is 5.13 Å². The van der Waals surface area contributed by atoms with Gasteiger partial charge < -0.3 is 5.32 Å². The van der Waals surface area contributed by atoms with Gasteiger partial charge in [-0.15, -0.1) is 11.3 Å². The van der Waals surface area contributed by atoms with Crippen LogP contribution in [0.2, 0.25) is 0 Å². The van der Waals surface area contributed by atoms with E-state index in [1.807, 2.05) is 0 Å². The molecule has 4 nitrogen and oxygen atoms in total. The molecule has 0 radical (unpaired) electrons. The summed E-state index contributed by atoms with van der Waals surface area (Å²) in [5.74, 6) is -1.62. The second kappa shape index (κ2) is 7.09. The van der Waals surface area contributed by atoms with Crippen molar-refractivity contribution < 1.29 is 22.4 Å². The van der Waals surface area contributed by atoms with Gasteiger partial charge in [0.05, 0.1) is 11.1 Å². The third-order valence-electron chi connectivity index (χ3n) is 4.02. The maximum atomic E-state index is 13.8. The van der Waals surface area contributed by atoms with E-state index in [0.29, 0.717) is 24.1 Å². The molecule has 25 heavy (non-hydrogen) atoms. The van der Waals surface area contributed by atoms with Gasteiger partial charge in [-0.1, -0.05) is 0 Å². The molecule has 1 fully saturated rings. The lowest BCUT2D eigenvalue weighted by atomic mass is 9.97. The van der Waals surface area contributed by atoms with E-state index >= 15 is 0 Å². The van der Waals surface area contributed by atoms with E-state index in [2.05, 4.69) is 15.6 Å². The van der Waals surface area contributed by atoms with Crippen LogP contribution in [0.3, 0.4) is 0 Å². The number of halogens is 4. The van der Waals surface area contributed by atoms with E-state index in [0.717, 1.165) is 30.8 Å². The van der Waals surface area contributed by atoms with Gasteiger partial charge in [0.2, 0.25) is 0 Å². The molecule has 1 aromatic carbocycles. The summed E-state index contributed by atoms with van der Waals surface area (Å²) in [6, 6.07) is 1.75. The second-order valence-electron chi connectivity index (χ2n) is 5.74. The number of alkyl halides is 3. The molecule has 0 aliphatic carbocycles. The highest BCUT2D eigenvalue weighted by Crippen LogP contribution is 2.33. The molecule has 2 N–H and O–H groups in total. The van der Waals surface area contributed by atoms with Gasteiger partial charge in [-0.2, -0.15) is 13.2 Å². The first-order chi connectivity index (χ1) is 11.8. The molecule has 1 aliphatic heterocycles. The van der Waals surface area contributed by atoms with E-state index in [1.165, 1.54) is 11.3 Å². The van der Waals surface area contributed by atoms with Crippen molar-refractivity contribution in [3.05, 3.63) is 46.2 Å². The van der Waals surface area contributed by atoms with Crippen molar-refractivity contribution in [2.24, 2.45) is 0 Å². The van der Waals surface area contributed by atoms with E-state index in [4.69, 9.17) is 0 Å². The van der Waals surface area contributed by atoms with Crippen molar-refractivity contribution in [3.8, 4) is 0 Å². The van der Waals surface area contributed by atoms with Crippen LogP contribution in [-0.4, -0.2) is 24.0 Å². The highest BCUT2D eigenvalue weighted by molar-refractivity contribution is 7.15. The second-order valence-corrected chi connectivity index (χ2v) is 6.80. The lowest BCUT2D eigenvalue weighted by Crippen LogP contribution is -2.26. The summed E-state index contributed by atoms with van der Waals surface area (Å²) in [5, 5.41) is 5.88. The number of anilines is 1. The number of nitrogens with zero attached hydrogens (tertiary/aromatic N) is 1. The van der Waals surface area contributed by atoms with Crippen molar-refractivity contribution in [1.29, 1.82) is 0 Å². The van der Waals surface area contributed by atoms with E-state index < -0.39 is 29.0 Å². The maximum absolute atomic E-state index is 13.8. The molecule has 1 amide bonds. The molecule has 0 atom stereocenters. The Kier molecular flexibility index (Phi) is 5.05. The molecule has 9 heteroatoms. The zero-order valence-electron chi connectivity index (χ0n) is 13.0. The fraction of sp³-hybridized carbons (Fsp3) is 0.375. The number of carbonyl (C=O) groups is 1. The molecule has 2 heterocycles. The Labute approximate surface area is 145 Å². The van der Waals surface area contributed by atoms with Gasteiger partial charge in [0.25, 0.3) is 5.91 Å². The van der Waals surface area contributed by atoms with Gasteiger partial charge in [0, 0.05) is 11.1 Å². The number of hydrogen-bond donors (Lipinski definition) is 2. The van der Waals surface area contributed by atoms with Crippen LogP contribution in [0.5, 0.6) is 0 Å². The molecule has 0 spiro atoms. The lowest BCUT2D eigenvalue weighted by molar-refractivity contribution is -0.137. The quantitative estimate of drug-likeness (QED) is 0.799. The van der Waals surface area contributed by atoms with Crippen LogP contribution in [-0.2, 0) is 6.18 Å². The summed E-state index contributed by atoms with van der Waals surface area (Å²) in [7, 11) is 0. The fourth-order valence-corrected chi connectivity index (χ4v) is 3.66. The van der Waals surface area contributed by atoms with Crippen LogP contribution in [0, 0.1) is 5.82 Å². The van der Waals surface area contributed by atoms with Gasteiger partial charge >= 0.3 is 6.18 Å². The largest absolute Gasteiger partial charge is 0.416 e. The molecule has 1 aliphatic rings. The number of thiazole rings is 1. The van der Waals surface area contributed by atoms with Gasteiger partial charge in [0.1, 0.15) is 5.82 Å². The fourth-order valence-electron chi connectivity index (χ4n) is 2.68. The standard InChI is InChI=1S/C16H15F4N3OS/c17-12-2-1-10(16(18,19)20)7-11(12)14(24)23-15-22-8-13(25-15)9-3-5-21-6-4-9/h1-2,7-9,21H,3-6H2,(H,22,23,24). The smallest absolute Gasteiger partial charge is 0.317 e. The Balaban J connectivity index is 1.75. The number of amides is 1. The molecule has 0 unspecified atom stereocenters. The highest BCUT2D eigenvalue weighted by atomic mass is 32.1. The van der Waals surface area contributed by atoms with Crippen molar-refractivity contribution in [3.63, 3.8) is 0 Å². The number of benzene rings is 1. The first kappa shape index (κ1) is 17.8. The number of aromatic nitrogens is 1. The minimum Gasteiger partial charge on any atom is -0.317 e. The van der Waals surface area contributed by atoms with E-state index in [1.54, 1.807) is 6.20 Å². The van der Waals surface area contributed by atoms with Gasteiger partial charge in [-0.05, 0) is 50.0 Å². The average molecular weight is 373 g/mol. The van der Waals surface area contributed by atoms with Crippen molar-refractivity contribution in [2.45, 2.75) is 24.9 Å². The Bertz CT molecular complexity index is 769. The van der Waals surface area contributed by atoms with Crippen LogP contribution >= 0.6 is 11.3 Å². The zero-order valence-corrected chi connectivity index (χ0v) is 13.8. The Morgan fingerprint density at radius 1 is 1.28 bits per heavy atom. The summed E-state index contributed by atoms with van der Waals surface area (Å²) >= 11 is 1.26. The Hall–Kier alpha value is -2.00. The predicted octanol–water partition coefficient (Wildman–Crippen LogP) is 4.02. The number of hydrogen-bond acceptors (Lipinski definition) is 4. The van der Waals surface area contributed by atoms with Crippen LogP contribution < -0.4 is 10.6 Å². The number of carbonyl (C=O) groups excluding carboxylic acids is 1. The van der Waals surface area contributed by atoms with Gasteiger partial charge in [-0.3, -0.25) is 10.1 Å². The first-order valence-electron chi connectivity index (χ1n) is 7.69. The number of nitrogens with one attached hydrogen (secondary N) is 2. The Morgan fingerprint density at radius 2 is 2.00 bits per heavy atom. The van der Waals surface area contributed by atoms with Crippen molar-refractivity contribution in [2.75, 3.05) is 18.4 Å². The van der Waals surface area contributed by atoms with Crippen LogP contribution in [0.1, 0.15) is 39.6 Å². The molecule has 0 saturated carbocycles. The summed E-state index contributed by atoms with van der Waals surface area (Å²) in [6.07, 6.45) is -1.08. The zero-order chi connectivity index (χ0) is 18.0. The SMILES string of the molecule is O=C(Nc1ncc(C2CCNCC2)s1)c1cc(C(F)(F)F)ccc1F. The molecular formula is C16H15F4N3OS. The van der Waals surface area contributed by atoms with Crippen molar-refractivity contribution >= 4 is 22.4 Å². The minimum atomic E-state index is -4.65. The number of piperidine rings is 1. The Morgan fingerprint density at radius 3 is 2.68 bits per heavy atom. The normalized spacial score (nSPS) is 16.0. The number of rotatable bonds is 3. The van der Waals surface area contributed by atoms with E-state index in [-0.39, 0.29) is 5.13 Å². The molecule has 3 rings (SSSR count). The highest BCUT2D eigenvalue weighted by Gasteiger charge is 2.32. The topological polar surface area (TPSA) is 54.0 Å². The summed E-state index contributed by atoms with van der Waals surface area (Å²) < 4.78 is 51.9. The minimum absolute atomic E-state index is 0.246. The van der Waals surface area contributed by atoms with Crippen LogP contribution in [0.15, 0.2) is 24.4 Å². The third kappa shape index (κ3) is 4.16. The summed E-state index contributed by atoms with van der Waals surface area (Å²) in [6.45, 7) is 1.80. The molecule has 134 valence electrons. The maximum Gasteiger partial charge on any atom is 0.416 e. The monoisotopic (exact) mass is 373 g/mol. The molecule has 1 aromatic heterocycles. The average Bonchev–Trinajstić information content (AvgIpc) is 3.03. The van der Waals surface area contributed by atoms with Crippen molar-refractivity contribution in [1.82, 2.24) is 10.3 Å². The third-order valence-corrected chi connectivity index (χ3v) is 5.10. The predicted molar refractivity (Wildman–Crippen MR) is 86.3 cm³/mol. The first-order valence-corrected chi connectivity index (χ1v) is 8.51. The van der Waals surface area contributed by atoms with Gasteiger partial charge in [-0.25, -0.2) is 9.37 Å². The molecule has 1 saturated heterocycles. The van der Waals surface area contributed by atoms with Crippen LogP contribution in [0.25, 0.3) is 0 Å².